The third-order valence-corrected chi connectivity index (χ3v) is 2.98. The van der Waals surface area contributed by atoms with Crippen LogP contribution >= 0.6 is 0 Å². The number of aromatic amines is 1. The molecule has 1 aromatic rings. The van der Waals surface area contributed by atoms with E-state index in [1.54, 1.807) is 0 Å². The van der Waals surface area contributed by atoms with Crippen molar-refractivity contribution in [2.45, 2.75) is 26.2 Å². The highest BCUT2D eigenvalue weighted by molar-refractivity contribution is 5.51. The van der Waals surface area contributed by atoms with Crippen molar-refractivity contribution < 1.29 is 10.0 Å². The number of aryl methyl sites for hydroxylation is 1. The van der Waals surface area contributed by atoms with Crippen LogP contribution in [0.1, 0.15) is 24.6 Å². The Balaban J connectivity index is 2.65. The number of aromatic nitrogens is 1. The van der Waals surface area contributed by atoms with Crippen LogP contribution in [0.2, 0.25) is 0 Å². The van der Waals surface area contributed by atoms with Gasteiger partial charge in [-0.2, -0.15) is 0 Å². The number of pyridine rings is 1. The van der Waals surface area contributed by atoms with E-state index in [1.807, 2.05) is 6.92 Å². The molecule has 86 valence electrons. The maximum absolute atomic E-state index is 11.4. The van der Waals surface area contributed by atoms with Crippen LogP contribution in [0.3, 0.4) is 0 Å². The van der Waals surface area contributed by atoms with Gasteiger partial charge in [0.25, 0.3) is 0 Å². The normalized spacial score (nSPS) is 19.2. The quantitative estimate of drug-likeness (QED) is 0.551. The molecule has 0 fully saturated rings. The number of rotatable bonds is 1. The monoisotopic (exact) mass is 224 g/mol. The zero-order valence-corrected chi connectivity index (χ0v) is 8.82. The molecule has 2 N–H and O–H groups in total. The molecule has 6 nitrogen and oxygen atoms in total. The first-order valence-corrected chi connectivity index (χ1v) is 5.12. The van der Waals surface area contributed by atoms with E-state index in [-0.39, 0.29) is 0 Å². The van der Waals surface area contributed by atoms with Crippen LogP contribution in [0.4, 0.5) is 5.69 Å². The number of nitro groups is 1. The molecule has 1 heterocycles. The fourth-order valence-electron chi connectivity index (χ4n) is 2.11. The van der Waals surface area contributed by atoms with Crippen LogP contribution in [0.25, 0.3) is 0 Å². The molecule has 0 spiro atoms. The number of aromatic hydroxyl groups is 1. The lowest BCUT2D eigenvalue weighted by Crippen LogP contribution is -2.21. The summed E-state index contributed by atoms with van der Waals surface area (Å²) in [6.07, 6.45) is 2.14. The van der Waals surface area contributed by atoms with Crippen LogP contribution in [0.5, 0.6) is 5.75 Å². The minimum atomic E-state index is -0.840. The molecule has 0 aromatic carbocycles. The van der Waals surface area contributed by atoms with Crippen molar-refractivity contribution in [1.29, 1.82) is 0 Å². The van der Waals surface area contributed by atoms with Crippen molar-refractivity contribution in [2.24, 2.45) is 5.92 Å². The smallest absolute Gasteiger partial charge is 0.375 e. The van der Waals surface area contributed by atoms with Crippen molar-refractivity contribution in [3.05, 3.63) is 31.7 Å². The molecule has 1 aliphatic carbocycles. The van der Waals surface area contributed by atoms with E-state index in [1.165, 1.54) is 0 Å². The summed E-state index contributed by atoms with van der Waals surface area (Å²) < 4.78 is 0. The third-order valence-electron chi connectivity index (χ3n) is 2.98. The van der Waals surface area contributed by atoms with Gasteiger partial charge in [-0.3, -0.25) is 14.9 Å². The molecule has 1 unspecified atom stereocenters. The molecule has 6 heteroatoms. The number of fused-ring (bicyclic) bond motifs is 1. The first kappa shape index (κ1) is 10.7. The topological polar surface area (TPSA) is 96.2 Å². The van der Waals surface area contributed by atoms with Gasteiger partial charge < -0.3 is 10.1 Å². The molecule has 0 saturated heterocycles. The van der Waals surface area contributed by atoms with Gasteiger partial charge in [-0.25, -0.2) is 0 Å². The Morgan fingerprint density at radius 2 is 2.25 bits per heavy atom. The molecule has 0 saturated carbocycles. The molecule has 1 atom stereocenters. The number of nitrogens with zero attached hydrogens (tertiary/aromatic N) is 1. The Bertz CT molecular complexity index is 506. The molecular weight excluding hydrogens is 212 g/mol. The predicted octanol–water partition coefficient (Wildman–Crippen LogP) is 1.11. The standard InChI is InChI=1S/C10H12N2O4/c1-5-2-3-7-6(4-5)9(13)8(12(15)16)10(14)11-7/h5H,2-4H2,1H3,(H2,11,13,14). The lowest BCUT2D eigenvalue weighted by atomic mass is 9.87. The van der Waals surface area contributed by atoms with Gasteiger partial charge >= 0.3 is 11.2 Å². The third kappa shape index (κ3) is 1.56. The Morgan fingerprint density at radius 3 is 2.88 bits per heavy atom. The van der Waals surface area contributed by atoms with Crippen molar-refractivity contribution in [2.75, 3.05) is 0 Å². The van der Waals surface area contributed by atoms with Crippen LogP contribution in [0, 0.1) is 16.0 Å². The van der Waals surface area contributed by atoms with E-state index in [9.17, 15) is 20.0 Å². The molecular formula is C10H12N2O4. The van der Waals surface area contributed by atoms with Gasteiger partial charge in [0, 0.05) is 11.3 Å². The largest absolute Gasteiger partial charge is 0.502 e. The molecule has 1 aliphatic rings. The predicted molar refractivity (Wildman–Crippen MR) is 56.6 cm³/mol. The van der Waals surface area contributed by atoms with Gasteiger partial charge in [-0.05, 0) is 25.2 Å². The maximum Gasteiger partial charge on any atom is 0.375 e. The SMILES string of the molecule is CC1CCc2[nH]c(=O)c([N+](=O)[O-])c(O)c2C1. The second kappa shape index (κ2) is 3.62. The fourth-order valence-corrected chi connectivity index (χ4v) is 2.11. The second-order valence-electron chi connectivity index (χ2n) is 4.21. The van der Waals surface area contributed by atoms with E-state index >= 15 is 0 Å². The second-order valence-corrected chi connectivity index (χ2v) is 4.21. The average Bonchev–Trinajstić information content (AvgIpc) is 2.19. The van der Waals surface area contributed by atoms with Crippen LogP contribution < -0.4 is 5.56 Å². The van der Waals surface area contributed by atoms with Crippen LogP contribution in [0.15, 0.2) is 4.79 Å². The first-order chi connectivity index (χ1) is 7.50. The van der Waals surface area contributed by atoms with Gasteiger partial charge in [0.15, 0.2) is 0 Å². The summed E-state index contributed by atoms with van der Waals surface area (Å²) in [5.74, 6) is -0.0980. The molecule has 0 aliphatic heterocycles. The summed E-state index contributed by atoms with van der Waals surface area (Å²) >= 11 is 0. The van der Waals surface area contributed by atoms with E-state index in [4.69, 9.17) is 0 Å². The molecule has 2 rings (SSSR count). The Kier molecular flexibility index (Phi) is 2.41. The van der Waals surface area contributed by atoms with Gasteiger partial charge in [0.2, 0.25) is 5.75 Å². The summed E-state index contributed by atoms with van der Waals surface area (Å²) in [5.41, 5.74) is -0.417. The van der Waals surface area contributed by atoms with Crippen molar-refractivity contribution in [3.63, 3.8) is 0 Å². The highest BCUT2D eigenvalue weighted by atomic mass is 16.6. The minimum absolute atomic E-state index is 0.365. The zero-order chi connectivity index (χ0) is 11.9. The lowest BCUT2D eigenvalue weighted by molar-refractivity contribution is -0.387. The molecule has 0 radical (unpaired) electrons. The number of H-pyrrole nitrogens is 1. The van der Waals surface area contributed by atoms with Gasteiger partial charge in [0.05, 0.1) is 4.92 Å². The minimum Gasteiger partial charge on any atom is -0.502 e. The molecule has 1 aromatic heterocycles. The van der Waals surface area contributed by atoms with Crippen LogP contribution in [-0.2, 0) is 12.8 Å². The summed E-state index contributed by atoms with van der Waals surface area (Å²) in [6, 6.07) is 0. The van der Waals surface area contributed by atoms with E-state index in [0.717, 1.165) is 6.42 Å². The van der Waals surface area contributed by atoms with Gasteiger partial charge in [-0.1, -0.05) is 6.92 Å². The zero-order valence-electron chi connectivity index (χ0n) is 8.82. The first-order valence-electron chi connectivity index (χ1n) is 5.12. The van der Waals surface area contributed by atoms with E-state index < -0.39 is 21.9 Å². The van der Waals surface area contributed by atoms with Gasteiger partial charge in [-0.15, -0.1) is 0 Å². The maximum atomic E-state index is 11.4. The number of hydrogen-bond donors (Lipinski definition) is 2. The van der Waals surface area contributed by atoms with Crippen LogP contribution in [-0.4, -0.2) is 15.0 Å². The Labute approximate surface area is 91.1 Å². The summed E-state index contributed by atoms with van der Waals surface area (Å²) in [6.45, 7) is 2.01. The van der Waals surface area contributed by atoms with Crippen molar-refractivity contribution in [3.8, 4) is 5.75 Å². The molecule has 0 bridgehead atoms. The molecule has 0 amide bonds. The summed E-state index contributed by atoms with van der Waals surface area (Å²) in [5, 5.41) is 20.4. The Hall–Kier alpha value is -1.85. The van der Waals surface area contributed by atoms with E-state index in [2.05, 4.69) is 4.98 Å². The highest BCUT2D eigenvalue weighted by Crippen LogP contribution is 2.34. The van der Waals surface area contributed by atoms with Crippen molar-refractivity contribution >= 4 is 5.69 Å². The Morgan fingerprint density at radius 1 is 1.56 bits per heavy atom. The summed E-state index contributed by atoms with van der Waals surface area (Å²) in [7, 11) is 0. The number of hydrogen-bond acceptors (Lipinski definition) is 4. The number of nitrogens with one attached hydrogen (secondary N) is 1. The van der Waals surface area contributed by atoms with Gasteiger partial charge in [0.1, 0.15) is 0 Å². The summed E-state index contributed by atoms with van der Waals surface area (Å²) in [4.78, 5) is 23.7. The average molecular weight is 224 g/mol. The fraction of sp³-hybridized carbons (Fsp3) is 0.500. The molecule has 16 heavy (non-hydrogen) atoms. The lowest BCUT2D eigenvalue weighted by Gasteiger charge is -2.21. The van der Waals surface area contributed by atoms with Crippen molar-refractivity contribution in [1.82, 2.24) is 4.98 Å². The van der Waals surface area contributed by atoms with E-state index in [0.29, 0.717) is 30.0 Å². The highest BCUT2D eigenvalue weighted by Gasteiger charge is 2.28.